The number of hydrogen-bond donors (Lipinski definition) is 2. The molecule has 1 aliphatic heterocycles. The SMILES string of the molecule is O=C(NCC1CCN(C(c2ccccc2)c2ccccc2)C1)NC(c1ccccc1)c1ccccc1. The first-order chi connectivity index (χ1) is 17.8. The van der Waals surface area contributed by atoms with E-state index in [0.717, 1.165) is 30.6 Å². The highest BCUT2D eigenvalue weighted by Crippen LogP contribution is 2.33. The first-order valence-electron chi connectivity index (χ1n) is 12.8. The Labute approximate surface area is 214 Å². The molecule has 1 atom stereocenters. The molecule has 2 N–H and O–H groups in total. The molecule has 0 aliphatic carbocycles. The summed E-state index contributed by atoms with van der Waals surface area (Å²) < 4.78 is 0. The summed E-state index contributed by atoms with van der Waals surface area (Å²) in [4.78, 5) is 15.5. The van der Waals surface area contributed by atoms with Crippen LogP contribution in [0.5, 0.6) is 0 Å². The highest BCUT2D eigenvalue weighted by atomic mass is 16.2. The van der Waals surface area contributed by atoms with Crippen molar-refractivity contribution >= 4 is 6.03 Å². The van der Waals surface area contributed by atoms with Gasteiger partial charge in [-0.15, -0.1) is 0 Å². The molecule has 2 amide bonds. The topological polar surface area (TPSA) is 44.4 Å². The lowest BCUT2D eigenvalue weighted by Crippen LogP contribution is -2.41. The van der Waals surface area contributed by atoms with Crippen LogP contribution >= 0.6 is 0 Å². The molecular formula is C32H33N3O. The number of urea groups is 1. The molecule has 0 aromatic heterocycles. The zero-order valence-electron chi connectivity index (χ0n) is 20.5. The van der Waals surface area contributed by atoms with Crippen LogP contribution in [0.15, 0.2) is 121 Å². The van der Waals surface area contributed by atoms with Crippen LogP contribution in [0.25, 0.3) is 0 Å². The molecule has 0 spiro atoms. The molecule has 182 valence electrons. The first kappa shape index (κ1) is 23.8. The third kappa shape index (κ3) is 5.84. The number of rotatable bonds is 8. The number of nitrogens with zero attached hydrogens (tertiary/aromatic N) is 1. The van der Waals surface area contributed by atoms with Crippen molar-refractivity contribution in [2.24, 2.45) is 5.92 Å². The highest BCUT2D eigenvalue weighted by Gasteiger charge is 2.30. The Morgan fingerprint density at radius 2 is 1.14 bits per heavy atom. The molecule has 5 rings (SSSR count). The van der Waals surface area contributed by atoms with Gasteiger partial charge in [0.05, 0.1) is 12.1 Å². The van der Waals surface area contributed by atoms with E-state index in [-0.39, 0.29) is 18.1 Å². The van der Waals surface area contributed by atoms with E-state index in [0.29, 0.717) is 12.5 Å². The Kier molecular flexibility index (Phi) is 7.74. The molecule has 4 nitrogen and oxygen atoms in total. The third-order valence-corrected chi connectivity index (χ3v) is 7.01. The number of hydrogen-bond acceptors (Lipinski definition) is 2. The number of carbonyl (C=O) groups excluding carboxylic acids is 1. The Bertz CT molecular complexity index is 1140. The summed E-state index contributed by atoms with van der Waals surface area (Å²) in [6, 6.07) is 41.6. The Hall–Kier alpha value is -3.89. The van der Waals surface area contributed by atoms with E-state index < -0.39 is 0 Å². The van der Waals surface area contributed by atoms with Crippen molar-refractivity contribution < 1.29 is 4.79 Å². The lowest BCUT2D eigenvalue weighted by atomic mass is 9.97. The first-order valence-corrected chi connectivity index (χ1v) is 12.8. The molecule has 1 unspecified atom stereocenters. The number of likely N-dealkylation sites (tertiary alicyclic amines) is 1. The molecule has 1 fully saturated rings. The van der Waals surface area contributed by atoms with Gasteiger partial charge in [-0.1, -0.05) is 121 Å². The van der Waals surface area contributed by atoms with Crippen LogP contribution in [0.4, 0.5) is 4.79 Å². The average molecular weight is 476 g/mol. The fourth-order valence-corrected chi connectivity index (χ4v) is 5.22. The van der Waals surface area contributed by atoms with Gasteiger partial charge in [-0.05, 0) is 41.1 Å². The minimum Gasteiger partial charge on any atom is -0.338 e. The number of benzene rings is 4. The van der Waals surface area contributed by atoms with E-state index in [4.69, 9.17) is 0 Å². The summed E-state index contributed by atoms with van der Waals surface area (Å²) in [5.41, 5.74) is 4.76. The molecule has 1 saturated heterocycles. The molecular weight excluding hydrogens is 442 g/mol. The maximum Gasteiger partial charge on any atom is 0.315 e. The zero-order chi connectivity index (χ0) is 24.6. The van der Waals surface area contributed by atoms with Crippen molar-refractivity contribution in [1.82, 2.24) is 15.5 Å². The summed E-state index contributed by atoms with van der Waals surface area (Å²) >= 11 is 0. The van der Waals surface area contributed by atoms with Crippen molar-refractivity contribution in [3.8, 4) is 0 Å². The van der Waals surface area contributed by atoms with Gasteiger partial charge in [-0.25, -0.2) is 4.79 Å². The van der Waals surface area contributed by atoms with Gasteiger partial charge >= 0.3 is 6.03 Å². The maximum absolute atomic E-state index is 13.0. The predicted octanol–water partition coefficient (Wildman–Crippen LogP) is 6.19. The monoisotopic (exact) mass is 475 g/mol. The molecule has 4 aromatic carbocycles. The lowest BCUT2D eigenvalue weighted by Gasteiger charge is -2.29. The van der Waals surface area contributed by atoms with E-state index in [1.807, 2.05) is 36.4 Å². The van der Waals surface area contributed by atoms with E-state index >= 15 is 0 Å². The molecule has 1 aliphatic rings. The Balaban J connectivity index is 1.22. The van der Waals surface area contributed by atoms with Gasteiger partial charge in [0.15, 0.2) is 0 Å². The van der Waals surface area contributed by atoms with Crippen molar-refractivity contribution in [3.63, 3.8) is 0 Å². The van der Waals surface area contributed by atoms with E-state index in [2.05, 4.69) is 100 Å². The summed E-state index contributed by atoms with van der Waals surface area (Å²) in [6.45, 7) is 2.63. The van der Waals surface area contributed by atoms with Crippen LogP contribution in [-0.4, -0.2) is 30.6 Å². The summed E-state index contributed by atoms with van der Waals surface area (Å²) in [5, 5.41) is 6.35. The summed E-state index contributed by atoms with van der Waals surface area (Å²) in [6.07, 6.45) is 1.07. The Morgan fingerprint density at radius 1 is 0.694 bits per heavy atom. The van der Waals surface area contributed by atoms with Crippen LogP contribution in [0.2, 0.25) is 0 Å². The van der Waals surface area contributed by atoms with Gasteiger partial charge in [0, 0.05) is 13.1 Å². The Morgan fingerprint density at radius 3 is 1.61 bits per heavy atom. The standard InChI is InChI=1S/C32H33N3O/c36-32(34-30(26-13-5-1-6-14-26)27-15-7-2-8-16-27)33-23-25-21-22-35(24-25)31(28-17-9-3-10-18-28)29-19-11-4-12-20-29/h1-20,25,30-31H,21-24H2,(H2,33,34,36). The fourth-order valence-electron chi connectivity index (χ4n) is 5.22. The second-order valence-electron chi connectivity index (χ2n) is 9.48. The largest absolute Gasteiger partial charge is 0.338 e. The smallest absolute Gasteiger partial charge is 0.315 e. The average Bonchev–Trinajstić information content (AvgIpc) is 3.41. The number of amides is 2. The van der Waals surface area contributed by atoms with Crippen LogP contribution < -0.4 is 10.6 Å². The van der Waals surface area contributed by atoms with Crippen LogP contribution in [-0.2, 0) is 0 Å². The summed E-state index contributed by atoms with van der Waals surface area (Å²) in [7, 11) is 0. The summed E-state index contributed by atoms with van der Waals surface area (Å²) in [5.74, 6) is 0.414. The minimum atomic E-state index is -0.187. The molecule has 4 aromatic rings. The van der Waals surface area contributed by atoms with Crippen LogP contribution in [0, 0.1) is 5.92 Å². The number of carbonyl (C=O) groups is 1. The molecule has 4 heteroatoms. The molecule has 0 radical (unpaired) electrons. The van der Waals surface area contributed by atoms with Gasteiger partial charge in [0.2, 0.25) is 0 Å². The number of nitrogens with one attached hydrogen (secondary N) is 2. The maximum atomic E-state index is 13.0. The van der Waals surface area contributed by atoms with Gasteiger partial charge in [0.1, 0.15) is 0 Å². The van der Waals surface area contributed by atoms with Gasteiger partial charge in [0.25, 0.3) is 0 Å². The molecule has 36 heavy (non-hydrogen) atoms. The minimum absolute atomic E-state index is 0.131. The van der Waals surface area contributed by atoms with Crippen molar-refractivity contribution in [1.29, 1.82) is 0 Å². The predicted molar refractivity (Wildman–Crippen MR) is 146 cm³/mol. The highest BCUT2D eigenvalue weighted by molar-refractivity contribution is 5.75. The second kappa shape index (κ2) is 11.7. The van der Waals surface area contributed by atoms with Crippen molar-refractivity contribution in [2.75, 3.05) is 19.6 Å². The normalized spacial score (nSPS) is 15.8. The zero-order valence-corrected chi connectivity index (χ0v) is 20.5. The second-order valence-corrected chi connectivity index (χ2v) is 9.48. The quantitative estimate of drug-likeness (QED) is 0.319. The third-order valence-electron chi connectivity index (χ3n) is 7.01. The molecule has 0 saturated carbocycles. The van der Waals surface area contributed by atoms with Gasteiger partial charge in [-0.2, -0.15) is 0 Å². The van der Waals surface area contributed by atoms with Crippen LogP contribution in [0.1, 0.15) is 40.8 Å². The van der Waals surface area contributed by atoms with Gasteiger partial charge < -0.3 is 10.6 Å². The van der Waals surface area contributed by atoms with E-state index in [1.54, 1.807) is 0 Å². The molecule has 1 heterocycles. The van der Waals surface area contributed by atoms with Gasteiger partial charge in [-0.3, -0.25) is 4.90 Å². The lowest BCUT2D eigenvalue weighted by molar-refractivity contribution is 0.235. The molecule has 0 bridgehead atoms. The van der Waals surface area contributed by atoms with Crippen molar-refractivity contribution in [3.05, 3.63) is 144 Å². The van der Waals surface area contributed by atoms with E-state index in [9.17, 15) is 4.79 Å². The fraction of sp³-hybridized carbons (Fsp3) is 0.219. The van der Waals surface area contributed by atoms with Crippen LogP contribution in [0.3, 0.4) is 0 Å². The van der Waals surface area contributed by atoms with Crippen molar-refractivity contribution in [2.45, 2.75) is 18.5 Å². The van der Waals surface area contributed by atoms with E-state index in [1.165, 1.54) is 11.1 Å².